The summed E-state index contributed by atoms with van der Waals surface area (Å²) < 4.78 is 16.0. The molecule has 3 rings (SSSR count). The zero-order valence-electron chi connectivity index (χ0n) is 15.4. The molecule has 2 aromatic carbocycles. The van der Waals surface area contributed by atoms with Gasteiger partial charge in [0.2, 0.25) is 5.82 Å². The van der Waals surface area contributed by atoms with Crippen LogP contribution in [-0.4, -0.2) is 28.9 Å². The first kappa shape index (κ1) is 18.4. The summed E-state index contributed by atoms with van der Waals surface area (Å²) in [5.74, 6) is 1.15. The lowest BCUT2D eigenvalue weighted by atomic mass is 10.1. The maximum absolute atomic E-state index is 12.6. The van der Waals surface area contributed by atoms with Crippen LogP contribution in [0.1, 0.15) is 31.1 Å². The van der Waals surface area contributed by atoms with Crippen LogP contribution in [0.15, 0.2) is 53.2 Å². The van der Waals surface area contributed by atoms with E-state index in [2.05, 4.69) is 15.6 Å². The fourth-order valence-corrected chi connectivity index (χ4v) is 2.53. The molecule has 0 radical (unpaired) electrons. The Bertz CT molecular complexity index is 904. The molecule has 1 amide bonds. The number of carbonyl (C=O) groups excluding carboxylic acids is 1. The molecule has 27 heavy (non-hydrogen) atoms. The molecule has 0 fully saturated rings. The third-order valence-electron chi connectivity index (χ3n) is 3.65. The van der Waals surface area contributed by atoms with Gasteiger partial charge in [-0.25, -0.2) is 4.63 Å². The zero-order chi connectivity index (χ0) is 19.2. The minimum absolute atomic E-state index is 0.0878. The Kier molecular flexibility index (Phi) is 5.71. The highest BCUT2D eigenvalue weighted by molar-refractivity contribution is 6.07. The number of ether oxygens (including phenoxy) is 2. The number of para-hydroxylation sites is 1. The standard InChI is InChI=1S/C20H21N3O4/c1-4-25-17-8-6-5-7-16(17)20(24)21-19-18(22-27-23-19)14-9-11-15(12-10-14)26-13(2)3/h5-13H,4H2,1-3H3,(H,21,23,24). The van der Waals surface area contributed by atoms with Crippen molar-refractivity contribution in [2.75, 3.05) is 11.9 Å². The van der Waals surface area contributed by atoms with Crippen molar-refractivity contribution in [2.24, 2.45) is 0 Å². The summed E-state index contributed by atoms with van der Waals surface area (Å²) >= 11 is 0. The maximum atomic E-state index is 12.6. The van der Waals surface area contributed by atoms with E-state index in [9.17, 15) is 4.79 Å². The van der Waals surface area contributed by atoms with E-state index in [0.29, 0.717) is 23.6 Å². The summed E-state index contributed by atoms with van der Waals surface area (Å²) in [4.78, 5) is 12.6. The Balaban J connectivity index is 1.80. The average molecular weight is 367 g/mol. The monoisotopic (exact) mass is 367 g/mol. The van der Waals surface area contributed by atoms with Gasteiger partial charge in [0.05, 0.1) is 18.3 Å². The molecule has 1 aromatic heterocycles. The first-order valence-corrected chi connectivity index (χ1v) is 8.71. The first-order valence-electron chi connectivity index (χ1n) is 8.71. The quantitative estimate of drug-likeness (QED) is 0.674. The zero-order valence-corrected chi connectivity index (χ0v) is 15.4. The van der Waals surface area contributed by atoms with Gasteiger partial charge in [-0.3, -0.25) is 4.79 Å². The van der Waals surface area contributed by atoms with Crippen LogP contribution >= 0.6 is 0 Å². The number of benzene rings is 2. The molecule has 3 aromatic rings. The van der Waals surface area contributed by atoms with Crippen molar-refractivity contribution < 1.29 is 18.9 Å². The molecule has 0 spiro atoms. The number of hydrogen-bond donors (Lipinski definition) is 1. The minimum atomic E-state index is -0.351. The normalized spacial score (nSPS) is 10.7. The van der Waals surface area contributed by atoms with E-state index in [1.807, 2.05) is 51.1 Å². The Morgan fingerprint density at radius 2 is 1.85 bits per heavy atom. The summed E-state index contributed by atoms with van der Waals surface area (Å²) in [5, 5.41) is 10.5. The molecule has 1 heterocycles. The molecule has 1 N–H and O–H groups in total. The Labute approximate surface area is 157 Å². The second kappa shape index (κ2) is 8.35. The van der Waals surface area contributed by atoms with E-state index in [-0.39, 0.29) is 17.8 Å². The summed E-state index contributed by atoms with van der Waals surface area (Å²) in [6, 6.07) is 14.3. The smallest absolute Gasteiger partial charge is 0.260 e. The van der Waals surface area contributed by atoms with Crippen molar-refractivity contribution in [1.82, 2.24) is 10.3 Å². The SMILES string of the molecule is CCOc1ccccc1C(=O)Nc1nonc1-c1ccc(OC(C)C)cc1. The van der Waals surface area contributed by atoms with Gasteiger partial charge < -0.3 is 14.8 Å². The summed E-state index contributed by atoms with van der Waals surface area (Å²) in [7, 11) is 0. The molecule has 0 aliphatic heterocycles. The number of carbonyl (C=O) groups is 1. The highest BCUT2D eigenvalue weighted by Gasteiger charge is 2.18. The van der Waals surface area contributed by atoms with Crippen molar-refractivity contribution in [1.29, 1.82) is 0 Å². The topological polar surface area (TPSA) is 86.5 Å². The van der Waals surface area contributed by atoms with Crippen LogP contribution in [0.25, 0.3) is 11.3 Å². The van der Waals surface area contributed by atoms with Gasteiger partial charge in [-0.15, -0.1) is 0 Å². The van der Waals surface area contributed by atoms with Crippen LogP contribution in [0.5, 0.6) is 11.5 Å². The molecular weight excluding hydrogens is 346 g/mol. The van der Waals surface area contributed by atoms with Crippen molar-refractivity contribution in [2.45, 2.75) is 26.9 Å². The molecule has 7 heteroatoms. The van der Waals surface area contributed by atoms with Crippen LogP contribution in [0, 0.1) is 0 Å². The maximum Gasteiger partial charge on any atom is 0.260 e. The Hall–Kier alpha value is -3.35. The molecule has 140 valence electrons. The van der Waals surface area contributed by atoms with Crippen molar-refractivity contribution in [3.63, 3.8) is 0 Å². The van der Waals surface area contributed by atoms with E-state index in [1.54, 1.807) is 18.2 Å². The number of anilines is 1. The van der Waals surface area contributed by atoms with E-state index >= 15 is 0 Å². The van der Waals surface area contributed by atoms with Crippen molar-refractivity contribution in [3.05, 3.63) is 54.1 Å². The molecular formula is C20H21N3O4. The van der Waals surface area contributed by atoms with Gasteiger partial charge in [-0.2, -0.15) is 0 Å². The van der Waals surface area contributed by atoms with Crippen LogP contribution in [0.2, 0.25) is 0 Å². The van der Waals surface area contributed by atoms with Crippen LogP contribution in [-0.2, 0) is 0 Å². The largest absolute Gasteiger partial charge is 0.493 e. The van der Waals surface area contributed by atoms with Crippen molar-refractivity contribution >= 4 is 11.7 Å². The molecule has 0 atom stereocenters. The number of amides is 1. The van der Waals surface area contributed by atoms with Gasteiger partial charge in [0.1, 0.15) is 11.5 Å². The molecule has 0 saturated carbocycles. The molecule has 7 nitrogen and oxygen atoms in total. The van der Waals surface area contributed by atoms with Gasteiger partial charge in [-0.05, 0) is 67.5 Å². The summed E-state index contributed by atoms with van der Waals surface area (Å²) in [5.41, 5.74) is 1.60. The van der Waals surface area contributed by atoms with Crippen LogP contribution < -0.4 is 14.8 Å². The predicted octanol–water partition coefficient (Wildman–Crippen LogP) is 4.17. The molecule has 0 aliphatic carbocycles. The Morgan fingerprint density at radius 3 is 2.56 bits per heavy atom. The Morgan fingerprint density at radius 1 is 1.11 bits per heavy atom. The third-order valence-corrected chi connectivity index (χ3v) is 3.65. The van der Waals surface area contributed by atoms with Gasteiger partial charge in [-0.1, -0.05) is 12.1 Å². The van der Waals surface area contributed by atoms with Crippen LogP contribution in [0.4, 0.5) is 5.82 Å². The van der Waals surface area contributed by atoms with Gasteiger partial charge in [0.15, 0.2) is 5.69 Å². The lowest BCUT2D eigenvalue weighted by molar-refractivity contribution is 0.102. The fourth-order valence-electron chi connectivity index (χ4n) is 2.53. The third kappa shape index (κ3) is 4.44. The molecule has 0 unspecified atom stereocenters. The fraction of sp³-hybridized carbons (Fsp3) is 0.250. The second-order valence-corrected chi connectivity index (χ2v) is 6.04. The summed E-state index contributed by atoms with van der Waals surface area (Å²) in [6.45, 7) is 6.25. The predicted molar refractivity (Wildman–Crippen MR) is 101 cm³/mol. The van der Waals surface area contributed by atoms with E-state index in [1.165, 1.54) is 0 Å². The highest BCUT2D eigenvalue weighted by Crippen LogP contribution is 2.28. The number of aromatic nitrogens is 2. The molecule has 0 aliphatic rings. The van der Waals surface area contributed by atoms with Gasteiger partial charge >= 0.3 is 0 Å². The molecule has 0 saturated heterocycles. The van der Waals surface area contributed by atoms with Gasteiger partial charge in [0, 0.05) is 5.56 Å². The number of nitrogens with zero attached hydrogens (tertiary/aromatic N) is 2. The van der Waals surface area contributed by atoms with E-state index in [4.69, 9.17) is 14.1 Å². The number of hydrogen-bond acceptors (Lipinski definition) is 6. The lowest BCUT2D eigenvalue weighted by Gasteiger charge is -2.10. The van der Waals surface area contributed by atoms with Crippen molar-refractivity contribution in [3.8, 4) is 22.8 Å². The number of rotatable bonds is 7. The first-order chi connectivity index (χ1) is 13.1. The number of nitrogens with one attached hydrogen (secondary N) is 1. The second-order valence-electron chi connectivity index (χ2n) is 6.04. The summed E-state index contributed by atoms with van der Waals surface area (Å²) in [6.07, 6.45) is 0.0878. The average Bonchev–Trinajstić information content (AvgIpc) is 3.10. The van der Waals surface area contributed by atoms with Gasteiger partial charge in [0.25, 0.3) is 5.91 Å². The highest BCUT2D eigenvalue weighted by atomic mass is 16.6. The minimum Gasteiger partial charge on any atom is -0.493 e. The van der Waals surface area contributed by atoms with E-state index in [0.717, 1.165) is 11.3 Å². The molecule has 0 bridgehead atoms. The van der Waals surface area contributed by atoms with E-state index < -0.39 is 0 Å². The van der Waals surface area contributed by atoms with Crippen LogP contribution in [0.3, 0.4) is 0 Å². The lowest BCUT2D eigenvalue weighted by Crippen LogP contribution is -2.14.